The van der Waals surface area contributed by atoms with E-state index in [0.717, 1.165) is 0 Å². The van der Waals surface area contributed by atoms with E-state index in [1.807, 2.05) is 0 Å². The van der Waals surface area contributed by atoms with Crippen LogP contribution in [-0.4, -0.2) is 40.1 Å². The van der Waals surface area contributed by atoms with Crippen molar-refractivity contribution in [1.82, 2.24) is 15.1 Å². The van der Waals surface area contributed by atoms with Gasteiger partial charge >= 0.3 is 7.12 Å². The lowest BCUT2D eigenvalue weighted by molar-refractivity contribution is 0.0382. The second-order valence-corrected chi connectivity index (χ2v) is 4.19. The summed E-state index contributed by atoms with van der Waals surface area (Å²) in [7, 11) is -1.70. The maximum atomic E-state index is 9.38. The van der Waals surface area contributed by atoms with Crippen molar-refractivity contribution < 1.29 is 14.8 Å². The SMILES string of the molecule is N#Cc1cccc2c(B(O)O)nn(C3NCCO3)c12. The largest absolute Gasteiger partial charge is 0.510 e. The lowest BCUT2D eigenvalue weighted by Crippen LogP contribution is -2.33. The van der Waals surface area contributed by atoms with Crippen LogP contribution < -0.4 is 10.9 Å². The van der Waals surface area contributed by atoms with Gasteiger partial charge in [0.25, 0.3) is 0 Å². The highest BCUT2D eigenvalue weighted by atomic mass is 16.5. The number of nitrogens with one attached hydrogen (secondary N) is 1. The van der Waals surface area contributed by atoms with Gasteiger partial charge in [0.05, 0.1) is 17.7 Å². The van der Waals surface area contributed by atoms with E-state index < -0.39 is 13.5 Å². The van der Waals surface area contributed by atoms with E-state index in [0.29, 0.717) is 29.6 Å². The number of nitrogens with zero attached hydrogens (tertiary/aromatic N) is 3. The van der Waals surface area contributed by atoms with Gasteiger partial charge in [-0.1, -0.05) is 12.1 Å². The molecule has 96 valence electrons. The molecule has 1 unspecified atom stereocenters. The van der Waals surface area contributed by atoms with Crippen LogP contribution in [0, 0.1) is 11.3 Å². The van der Waals surface area contributed by atoms with Crippen molar-refractivity contribution >= 4 is 23.6 Å². The summed E-state index contributed by atoms with van der Waals surface area (Å²) in [6.07, 6.45) is -0.496. The van der Waals surface area contributed by atoms with Crippen molar-refractivity contribution in [3.63, 3.8) is 0 Å². The number of benzene rings is 1. The van der Waals surface area contributed by atoms with Gasteiger partial charge in [0.15, 0.2) is 0 Å². The fourth-order valence-electron chi connectivity index (χ4n) is 2.24. The molecular weight excluding hydrogens is 247 g/mol. The van der Waals surface area contributed by atoms with Crippen molar-refractivity contribution in [2.45, 2.75) is 6.35 Å². The molecule has 3 rings (SSSR count). The van der Waals surface area contributed by atoms with Crippen LogP contribution in [0.4, 0.5) is 0 Å². The smallest absolute Gasteiger partial charge is 0.422 e. The number of rotatable bonds is 2. The molecule has 0 saturated carbocycles. The predicted octanol–water partition coefficient (Wildman–Crippen LogP) is -1.34. The number of hydrogen-bond acceptors (Lipinski definition) is 6. The summed E-state index contributed by atoms with van der Waals surface area (Å²) in [6, 6.07) is 7.11. The van der Waals surface area contributed by atoms with Crippen LogP contribution >= 0.6 is 0 Å². The van der Waals surface area contributed by atoms with Crippen LogP contribution in [0.5, 0.6) is 0 Å². The number of ether oxygens (including phenoxy) is 1. The Labute approximate surface area is 109 Å². The first-order valence-corrected chi connectivity index (χ1v) is 5.84. The number of aromatic nitrogens is 2. The van der Waals surface area contributed by atoms with Crippen LogP contribution in [-0.2, 0) is 4.74 Å². The lowest BCUT2D eigenvalue weighted by atomic mass is 9.83. The Morgan fingerprint density at radius 3 is 3.00 bits per heavy atom. The number of fused-ring (bicyclic) bond motifs is 1. The average molecular weight is 258 g/mol. The molecule has 1 saturated heterocycles. The van der Waals surface area contributed by atoms with E-state index in [9.17, 15) is 15.3 Å². The van der Waals surface area contributed by atoms with Crippen LogP contribution in [0.25, 0.3) is 10.9 Å². The van der Waals surface area contributed by atoms with Gasteiger partial charge in [0, 0.05) is 11.9 Å². The van der Waals surface area contributed by atoms with E-state index >= 15 is 0 Å². The fourth-order valence-corrected chi connectivity index (χ4v) is 2.24. The molecule has 0 aliphatic carbocycles. The summed E-state index contributed by atoms with van der Waals surface area (Å²) >= 11 is 0. The summed E-state index contributed by atoms with van der Waals surface area (Å²) in [5.41, 5.74) is 1.06. The molecule has 1 atom stereocenters. The molecule has 0 bridgehead atoms. The van der Waals surface area contributed by atoms with E-state index in [1.165, 1.54) is 4.68 Å². The van der Waals surface area contributed by atoms with Gasteiger partial charge in [0.1, 0.15) is 11.7 Å². The second kappa shape index (κ2) is 4.64. The minimum absolute atomic E-state index is 0.115. The van der Waals surface area contributed by atoms with E-state index in [4.69, 9.17) is 4.74 Å². The predicted molar refractivity (Wildman–Crippen MR) is 67.3 cm³/mol. The molecule has 0 spiro atoms. The zero-order chi connectivity index (χ0) is 13.4. The van der Waals surface area contributed by atoms with Gasteiger partial charge in [-0.25, -0.2) is 4.68 Å². The Morgan fingerprint density at radius 1 is 1.53 bits per heavy atom. The lowest BCUT2D eigenvalue weighted by Gasteiger charge is -2.12. The summed E-state index contributed by atoms with van der Waals surface area (Å²) in [4.78, 5) is 0. The van der Waals surface area contributed by atoms with E-state index in [1.54, 1.807) is 18.2 Å². The van der Waals surface area contributed by atoms with Crippen molar-refractivity contribution in [2.75, 3.05) is 13.2 Å². The standard InChI is InChI=1S/C11H11BN4O3/c13-6-7-2-1-3-8-9(7)16(11-14-4-5-19-11)15-10(8)12(17)18/h1-3,11,14,17-18H,4-5H2. The van der Waals surface area contributed by atoms with E-state index in [2.05, 4.69) is 16.5 Å². The molecule has 8 heteroatoms. The van der Waals surface area contributed by atoms with Gasteiger partial charge in [0.2, 0.25) is 6.35 Å². The van der Waals surface area contributed by atoms with Crippen molar-refractivity contribution in [2.24, 2.45) is 0 Å². The molecule has 1 aliphatic heterocycles. The topological polar surface area (TPSA) is 103 Å². The molecule has 1 aromatic heterocycles. The van der Waals surface area contributed by atoms with Gasteiger partial charge < -0.3 is 14.8 Å². The maximum Gasteiger partial charge on any atom is 0.510 e. The zero-order valence-corrected chi connectivity index (χ0v) is 9.95. The van der Waals surface area contributed by atoms with Gasteiger partial charge in [-0.3, -0.25) is 5.32 Å². The van der Waals surface area contributed by atoms with Crippen LogP contribution in [0.1, 0.15) is 11.9 Å². The van der Waals surface area contributed by atoms with Crippen molar-refractivity contribution in [3.8, 4) is 6.07 Å². The minimum atomic E-state index is -1.70. The summed E-state index contributed by atoms with van der Waals surface area (Å²) in [6.45, 7) is 1.22. The first-order valence-electron chi connectivity index (χ1n) is 5.84. The van der Waals surface area contributed by atoms with Crippen LogP contribution in [0.2, 0.25) is 0 Å². The number of nitriles is 1. The van der Waals surface area contributed by atoms with Gasteiger partial charge in [-0.15, -0.1) is 0 Å². The molecule has 3 N–H and O–H groups in total. The molecule has 2 aromatic rings. The Balaban J connectivity index is 2.28. The van der Waals surface area contributed by atoms with Gasteiger partial charge in [-0.2, -0.15) is 10.4 Å². The summed E-state index contributed by atoms with van der Waals surface area (Å²) in [5.74, 6) is 0. The maximum absolute atomic E-state index is 9.38. The average Bonchev–Trinajstić information content (AvgIpc) is 3.04. The highest BCUT2D eigenvalue weighted by Crippen LogP contribution is 2.21. The van der Waals surface area contributed by atoms with Gasteiger partial charge in [-0.05, 0) is 6.07 Å². The molecule has 1 aromatic carbocycles. The van der Waals surface area contributed by atoms with Crippen molar-refractivity contribution in [1.29, 1.82) is 5.26 Å². The molecule has 1 aliphatic rings. The van der Waals surface area contributed by atoms with Crippen molar-refractivity contribution in [3.05, 3.63) is 23.8 Å². The molecule has 2 heterocycles. The molecule has 0 amide bonds. The Hall–Kier alpha value is -1.92. The Bertz CT molecular complexity index is 658. The quantitative estimate of drug-likeness (QED) is 0.576. The third-order valence-electron chi connectivity index (χ3n) is 3.04. The van der Waals surface area contributed by atoms with Crippen LogP contribution in [0.3, 0.4) is 0 Å². The minimum Gasteiger partial charge on any atom is -0.422 e. The molecule has 19 heavy (non-hydrogen) atoms. The highest BCUT2D eigenvalue weighted by molar-refractivity contribution is 6.60. The molecular formula is C11H11BN4O3. The number of hydrogen-bond donors (Lipinski definition) is 3. The Kier molecular flexibility index (Phi) is 2.96. The first-order chi connectivity index (χ1) is 9.22. The highest BCUT2D eigenvalue weighted by Gasteiger charge is 2.27. The summed E-state index contributed by atoms with van der Waals surface area (Å²) in [5, 5.41) is 35.7. The number of para-hydroxylation sites is 1. The second-order valence-electron chi connectivity index (χ2n) is 4.19. The zero-order valence-electron chi connectivity index (χ0n) is 9.95. The molecule has 0 radical (unpaired) electrons. The summed E-state index contributed by atoms with van der Waals surface area (Å²) < 4.78 is 6.94. The molecule has 7 nitrogen and oxygen atoms in total. The third kappa shape index (κ3) is 1.89. The van der Waals surface area contributed by atoms with Crippen LogP contribution in [0.15, 0.2) is 18.2 Å². The first kappa shape index (κ1) is 12.1. The fraction of sp³-hybridized carbons (Fsp3) is 0.273. The Morgan fingerprint density at radius 2 is 2.37 bits per heavy atom. The normalized spacial score (nSPS) is 18.7. The van der Waals surface area contributed by atoms with E-state index in [-0.39, 0.29) is 5.59 Å². The molecule has 1 fully saturated rings. The third-order valence-corrected chi connectivity index (χ3v) is 3.04. The monoisotopic (exact) mass is 258 g/mol.